The van der Waals surface area contributed by atoms with Gasteiger partial charge in [0.25, 0.3) is 0 Å². The summed E-state index contributed by atoms with van der Waals surface area (Å²) in [4.78, 5) is 18.3. The van der Waals surface area contributed by atoms with Gasteiger partial charge in [-0.25, -0.2) is 4.98 Å². The molecule has 0 bridgehead atoms. The van der Waals surface area contributed by atoms with E-state index in [-0.39, 0.29) is 5.91 Å². The van der Waals surface area contributed by atoms with Gasteiger partial charge in [-0.05, 0) is 32.3 Å². The molecule has 5 nitrogen and oxygen atoms in total. The van der Waals surface area contributed by atoms with Crippen LogP contribution in [0.3, 0.4) is 0 Å². The Morgan fingerprint density at radius 3 is 2.50 bits per heavy atom. The Balaban J connectivity index is 1.80. The van der Waals surface area contributed by atoms with Gasteiger partial charge in [0.15, 0.2) is 5.82 Å². The van der Waals surface area contributed by atoms with Crippen molar-refractivity contribution in [3.8, 4) is 11.4 Å². The maximum Gasteiger partial charge on any atom is 0.222 e. The molecule has 0 saturated carbocycles. The van der Waals surface area contributed by atoms with Crippen molar-refractivity contribution < 1.29 is 4.79 Å². The number of amides is 1. The van der Waals surface area contributed by atoms with Crippen molar-refractivity contribution in [1.82, 2.24) is 20.1 Å². The summed E-state index contributed by atoms with van der Waals surface area (Å²) in [7, 11) is 0. The second-order valence-corrected chi connectivity index (χ2v) is 6.60. The maximum absolute atomic E-state index is 11.9. The fourth-order valence-corrected chi connectivity index (χ4v) is 3.20. The molecule has 0 radical (unpaired) electrons. The van der Waals surface area contributed by atoms with E-state index in [1.54, 1.807) is 11.8 Å². The smallest absolute Gasteiger partial charge is 0.222 e. The lowest BCUT2D eigenvalue weighted by Crippen LogP contribution is -2.30. The first-order valence-corrected chi connectivity index (χ1v) is 9.58. The lowest BCUT2D eigenvalue weighted by atomic mass is 10.1. The fourth-order valence-electron chi connectivity index (χ4n) is 2.46. The van der Waals surface area contributed by atoms with E-state index < -0.39 is 0 Å². The lowest BCUT2D eigenvalue weighted by molar-refractivity contribution is -0.130. The number of nitrogens with zero attached hydrogens (tertiary/aromatic N) is 3. The molecule has 0 atom stereocenters. The summed E-state index contributed by atoms with van der Waals surface area (Å²) < 4.78 is 0. The summed E-state index contributed by atoms with van der Waals surface area (Å²) in [5, 5.41) is 7.98. The summed E-state index contributed by atoms with van der Waals surface area (Å²) in [6, 6.07) is 8.36. The van der Waals surface area contributed by atoms with Crippen molar-refractivity contribution in [2.24, 2.45) is 0 Å². The van der Waals surface area contributed by atoms with Crippen molar-refractivity contribution in [3.05, 3.63) is 29.8 Å². The van der Waals surface area contributed by atoms with Crippen LogP contribution >= 0.6 is 11.8 Å². The molecule has 2 aromatic rings. The van der Waals surface area contributed by atoms with Crippen LogP contribution in [0.15, 0.2) is 29.4 Å². The first-order chi connectivity index (χ1) is 11.7. The summed E-state index contributed by atoms with van der Waals surface area (Å²) >= 11 is 1.59. The third-order valence-corrected chi connectivity index (χ3v) is 4.92. The number of carbonyl (C=O) groups excluding carboxylic acids is 1. The van der Waals surface area contributed by atoms with Crippen LogP contribution in [0.4, 0.5) is 0 Å². The van der Waals surface area contributed by atoms with Crippen LogP contribution < -0.4 is 0 Å². The molecule has 0 saturated heterocycles. The first kappa shape index (κ1) is 18.5. The number of hydrogen-bond donors (Lipinski definition) is 1. The molecule has 1 amide bonds. The fraction of sp³-hybridized carbons (Fsp3) is 0.500. The van der Waals surface area contributed by atoms with Crippen LogP contribution in [0.25, 0.3) is 11.4 Å². The first-order valence-electron chi connectivity index (χ1n) is 8.60. The molecule has 1 aromatic carbocycles. The van der Waals surface area contributed by atoms with Gasteiger partial charge in [-0.1, -0.05) is 43.0 Å². The molecular weight excluding hydrogens is 320 g/mol. The van der Waals surface area contributed by atoms with Crippen LogP contribution in [-0.2, 0) is 11.2 Å². The van der Waals surface area contributed by atoms with Crippen molar-refractivity contribution in [2.45, 2.75) is 45.2 Å². The number of thioether (sulfide) groups is 1. The highest BCUT2D eigenvalue weighted by molar-refractivity contribution is 7.99. The van der Waals surface area contributed by atoms with E-state index in [0.717, 1.165) is 48.2 Å². The van der Waals surface area contributed by atoms with Crippen molar-refractivity contribution in [1.29, 1.82) is 0 Å². The van der Waals surface area contributed by atoms with Gasteiger partial charge in [-0.15, -0.1) is 5.10 Å². The largest absolute Gasteiger partial charge is 0.343 e. The molecule has 2 rings (SSSR count). The summed E-state index contributed by atoms with van der Waals surface area (Å²) in [5.74, 6) is 1.87. The molecule has 6 heteroatoms. The van der Waals surface area contributed by atoms with Crippen molar-refractivity contribution in [2.75, 3.05) is 18.8 Å². The van der Waals surface area contributed by atoms with E-state index in [4.69, 9.17) is 0 Å². The quantitative estimate of drug-likeness (QED) is 0.554. The highest BCUT2D eigenvalue weighted by atomic mass is 32.2. The van der Waals surface area contributed by atoms with Crippen LogP contribution in [0.5, 0.6) is 0 Å². The number of carbonyl (C=O) groups is 1. The summed E-state index contributed by atoms with van der Waals surface area (Å²) in [6.45, 7) is 7.73. The van der Waals surface area contributed by atoms with E-state index in [1.165, 1.54) is 5.56 Å². The lowest BCUT2D eigenvalue weighted by Gasteiger charge is -2.18. The molecule has 0 unspecified atom stereocenters. The minimum absolute atomic E-state index is 0.229. The van der Waals surface area contributed by atoms with Crippen LogP contribution in [-0.4, -0.2) is 44.8 Å². The predicted octanol–water partition coefficient (Wildman–Crippen LogP) is 3.77. The second kappa shape index (κ2) is 9.47. The van der Waals surface area contributed by atoms with Crippen LogP contribution in [0, 0.1) is 0 Å². The van der Waals surface area contributed by atoms with E-state index in [9.17, 15) is 4.79 Å². The molecule has 1 heterocycles. The van der Waals surface area contributed by atoms with Gasteiger partial charge in [0.05, 0.1) is 0 Å². The monoisotopic (exact) mass is 346 g/mol. The van der Waals surface area contributed by atoms with Crippen LogP contribution in [0.2, 0.25) is 0 Å². The molecule has 1 aromatic heterocycles. The van der Waals surface area contributed by atoms with E-state index in [1.807, 2.05) is 18.7 Å². The highest BCUT2D eigenvalue weighted by Crippen LogP contribution is 2.20. The molecule has 24 heavy (non-hydrogen) atoms. The number of aromatic amines is 1. The normalized spacial score (nSPS) is 10.8. The minimum atomic E-state index is 0.229. The Labute approximate surface area is 148 Å². The number of aromatic nitrogens is 3. The summed E-state index contributed by atoms with van der Waals surface area (Å²) in [6.07, 6.45) is 2.46. The number of benzene rings is 1. The van der Waals surface area contributed by atoms with Crippen LogP contribution in [0.1, 0.15) is 39.2 Å². The van der Waals surface area contributed by atoms with E-state index in [0.29, 0.717) is 6.42 Å². The maximum atomic E-state index is 11.9. The molecule has 0 aliphatic carbocycles. The third kappa shape index (κ3) is 5.09. The van der Waals surface area contributed by atoms with Gasteiger partial charge in [-0.3, -0.25) is 9.89 Å². The third-order valence-electron chi connectivity index (χ3n) is 3.98. The van der Waals surface area contributed by atoms with Gasteiger partial charge >= 0.3 is 0 Å². The van der Waals surface area contributed by atoms with E-state index in [2.05, 4.69) is 46.4 Å². The SMILES string of the molecule is CCc1ccc(-c2nc(SCCCC(=O)N(CC)CC)n[nH]2)cc1. The molecule has 0 aliphatic heterocycles. The van der Waals surface area contributed by atoms with Gasteiger partial charge in [0.2, 0.25) is 11.1 Å². The molecule has 1 N–H and O–H groups in total. The predicted molar refractivity (Wildman–Crippen MR) is 99.1 cm³/mol. The van der Waals surface area contributed by atoms with Gasteiger partial charge < -0.3 is 4.90 Å². The van der Waals surface area contributed by atoms with E-state index >= 15 is 0 Å². The standard InChI is InChI=1S/C18H26N4OS/c1-4-14-9-11-15(12-10-14)17-19-18(21-20-17)24-13-7-8-16(23)22(5-2)6-3/h9-12H,4-8,13H2,1-3H3,(H,19,20,21). The zero-order chi connectivity index (χ0) is 17.4. The number of rotatable bonds is 9. The molecular formula is C18H26N4OS. The average Bonchev–Trinajstić information content (AvgIpc) is 3.09. The molecule has 130 valence electrons. The number of H-pyrrole nitrogens is 1. The number of aryl methyl sites for hydroxylation is 1. The highest BCUT2D eigenvalue weighted by Gasteiger charge is 2.10. The van der Waals surface area contributed by atoms with Gasteiger partial charge in [0.1, 0.15) is 0 Å². The molecule has 0 fully saturated rings. The zero-order valence-corrected chi connectivity index (χ0v) is 15.5. The van der Waals surface area contributed by atoms with Gasteiger partial charge in [-0.2, -0.15) is 0 Å². The Hall–Kier alpha value is -1.82. The number of nitrogens with one attached hydrogen (secondary N) is 1. The Morgan fingerprint density at radius 2 is 1.88 bits per heavy atom. The minimum Gasteiger partial charge on any atom is -0.343 e. The Kier molecular flexibility index (Phi) is 7.31. The summed E-state index contributed by atoms with van der Waals surface area (Å²) in [5.41, 5.74) is 2.36. The average molecular weight is 346 g/mol. The zero-order valence-electron chi connectivity index (χ0n) is 14.7. The molecule has 0 aliphatic rings. The Bertz CT molecular complexity index is 635. The van der Waals surface area contributed by atoms with Crippen molar-refractivity contribution >= 4 is 17.7 Å². The topological polar surface area (TPSA) is 61.9 Å². The van der Waals surface area contributed by atoms with Crippen molar-refractivity contribution in [3.63, 3.8) is 0 Å². The number of hydrogen-bond acceptors (Lipinski definition) is 4. The second-order valence-electron chi connectivity index (χ2n) is 5.54. The Morgan fingerprint density at radius 1 is 1.17 bits per heavy atom. The van der Waals surface area contributed by atoms with Gasteiger partial charge in [0, 0.05) is 30.8 Å². The molecule has 0 spiro atoms.